The molecule has 7 heteroatoms. The third-order valence-corrected chi connectivity index (χ3v) is 3.78. The van der Waals surface area contributed by atoms with Gasteiger partial charge in [-0.3, -0.25) is 14.4 Å². The van der Waals surface area contributed by atoms with Gasteiger partial charge in [0, 0.05) is 17.1 Å². The standard InChI is InChI=1S/C20H22N4O3/c1-13-8-4-6-10-16(13)21-18(25)12-15(3)23-24-20(27)19(26)22-17-11-7-5-9-14(17)2/h4-11H,12H2,1-3H3,(H,21,25)(H,22,26)(H,24,27)/b23-15+. The Morgan fingerprint density at radius 2 is 1.33 bits per heavy atom. The van der Waals surface area contributed by atoms with Crippen LogP contribution in [0.3, 0.4) is 0 Å². The van der Waals surface area contributed by atoms with Gasteiger partial charge >= 0.3 is 11.8 Å². The number of hydrogen-bond acceptors (Lipinski definition) is 4. The van der Waals surface area contributed by atoms with Crippen molar-refractivity contribution in [3.05, 3.63) is 59.7 Å². The molecule has 0 unspecified atom stereocenters. The number of nitrogens with zero attached hydrogens (tertiary/aromatic N) is 1. The molecule has 0 saturated heterocycles. The fourth-order valence-corrected chi connectivity index (χ4v) is 2.27. The molecule has 3 N–H and O–H groups in total. The number of hydrazone groups is 1. The third kappa shape index (κ3) is 6.07. The molecule has 0 aliphatic carbocycles. The Bertz CT molecular complexity index is 890. The van der Waals surface area contributed by atoms with E-state index in [9.17, 15) is 14.4 Å². The van der Waals surface area contributed by atoms with Crippen molar-refractivity contribution in [1.82, 2.24) is 5.43 Å². The van der Waals surface area contributed by atoms with Gasteiger partial charge in [0.1, 0.15) is 0 Å². The molecule has 0 saturated carbocycles. The first-order valence-corrected chi connectivity index (χ1v) is 8.42. The normalized spacial score (nSPS) is 10.9. The summed E-state index contributed by atoms with van der Waals surface area (Å²) in [5.41, 5.74) is 5.59. The maximum absolute atomic E-state index is 12.0. The van der Waals surface area contributed by atoms with Crippen LogP contribution in [0.1, 0.15) is 24.5 Å². The van der Waals surface area contributed by atoms with Crippen molar-refractivity contribution in [3.63, 3.8) is 0 Å². The SMILES string of the molecule is C/C(CC(=O)Nc1ccccc1C)=N\NC(=O)C(=O)Nc1ccccc1C. The molecule has 0 atom stereocenters. The first-order valence-electron chi connectivity index (χ1n) is 8.42. The lowest BCUT2D eigenvalue weighted by Gasteiger charge is -2.08. The monoisotopic (exact) mass is 366 g/mol. The van der Waals surface area contributed by atoms with E-state index < -0.39 is 11.8 Å². The third-order valence-electron chi connectivity index (χ3n) is 3.78. The zero-order valence-electron chi connectivity index (χ0n) is 15.5. The molecule has 3 amide bonds. The minimum absolute atomic E-state index is 0.00593. The molecule has 27 heavy (non-hydrogen) atoms. The number of hydrogen-bond donors (Lipinski definition) is 3. The van der Waals surface area contributed by atoms with Crippen molar-refractivity contribution >= 4 is 34.8 Å². The summed E-state index contributed by atoms with van der Waals surface area (Å²) in [5.74, 6) is -1.99. The van der Waals surface area contributed by atoms with Crippen LogP contribution in [0.15, 0.2) is 53.6 Å². The highest BCUT2D eigenvalue weighted by molar-refractivity contribution is 6.39. The minimum atomic E-state index is -0.906. The molecular formula is C20H22N4O3. The van der Waals surface area contributed by atoms with Crippen molar-refractivity contribution in [3.8, 4) is 0 Å². The Labute approximate surface area is 157 Å². The number of para-hydroxylation sites is 2. The van der Waals surface area contributed by atoms with Crippen LogP contribution < -0.4 is 16.1 Å². The van der Waals surface area contributed by atoms with Gasteiger partial charge in [-0.1, -0.05) is 36.4 Å². The summed E-state index contributed by atoms with van der Waals surface area (Å²) in [5, 5.41) is 9.10. The van der Waals surface area contributed by atoms with Crippen molar-refractivity contribution in [2.45, 2.75) is 27.2 Å². The van der Waals surface area contributed by atoms with Gasteiger partial charge in [0.05, 0.1) is 6.42 Å². The molecule has 140 valence electrons. The molecule has 7 nitrogen and oxygen atoms in total. The predicted molar refractivity (Wildman–Crippen MR) is 105 cm³/mol. The first-order chi connectivity index (χ1) is 12.9. The molecule has 0 aromatic heterocycles. The van der Waals surface area contributed by atoms with E-state index in [-0.39, 0.29) is 12.3 Å². The lowest BCUT2D eigenvalue weighted by molar-refractivity contribution is -0.136. The van der Waals surface area contributed by atoms with Crippen molar-refractivity contribution in [1.29, 1.82) is 0 Å². The predicted octanol–water partition coefficient (Wildman–Crippen LogP) is 2.76. The highest BCUT2D eigenvalue weighted by Crippen LogP contribution is 2.14. The van der Waals surface area contributed by atoms with E-state index in [4.69, 9.17) is 0 Å². The van der Waals surface area contributed by atoms with Crippen molar-refractivity contribution < 1.29 is 14.4 Å². The van der Waals surface area contributed by atoms with E-state index in [1.165, 1.54) is 0 Å². The molecule has 2 rings (SSSR count). The summed E-state index contributed by atoms with van der Waals surface area (Å²) in [6, 6.07) is 14.5. The lowest BCUT2D eigenvalue weighted by atomic mass is 10.2. The maximum Gasteiger partial charge on any atom is 0.329 e. The van der Waals surface area contributed by atoms with Crippen LogP contribution in [0.2, 0.25) is 0 Å². The van der Waals surface area contributed by atoms with E-state index in [0.29, 0.717) is 11.4 Å². The molecule has 0 aliphatic heterocycles. The molecular weight excluding hydrogens is 344 g/mol. The average molecular weight is 366 g/mol. The number of carbonyl (C=O) groups is 3. The van der Waals surface area contributed by atoms with Gasteiger partial charge in [-0.05, 0) is 44.0 Å². The molecule has 0 heterocycles. The van der Waals surface area contributed by atoms with E-state index in [1.54, 1.807) is 25.1 Å². The highest BCUT2D eigenvalue weighted by atomic mass is 16.2. The number of rotatable bonds is 5. The highest BCUT2D eigenvalue weighted by Gasteiger charge is 2.14. The van der Waals surface area contributed by atoms with Crippen LogP contribution >= 0.6 is 0 Å². The molecule has 0 aliphatic rings. The second-order valence-electron chi connectivity index (χ2n) is 6.10. The Kier molecular flexibility index (Phi) is 6.82. The maximum atomic E-state index is 12.0. The molecule has 0 radical (unpaired) electrons. The largest absolute Gasteiger partial charge is 0.329 e. The fourth-order valence-electron chi connectivity index (χ4n) is 2.27. The van der Waals surface area contributed by atoms with E-state index >= 15 is 0 Å². The lowest BCUT2D eigenvalue weighted by Crippen LogP contribution is -2.33. The van der Waals surface area contributed by atoms with Gasteiger partial charge in [-0.15, -0.1) is 0 Å². The van der Waals surface area contributed by atoms with Gasteiger partial charge < -0.3 is 10.6 Å². The van der Waals surface area contributed by atoms with Crippen LogP contribution in [-0.2, 0) is 14.4 Å². The second kappa shape index (κ2) is 9.28. The molecule has 2 aromatic carbocycles. The van der Waals surface area contributed by atoms with Gasteiger partial charge in [-0.2, -0.15) is 5.10 Å². The molecule has 0 spiro atoms. The Balaban J connectivity index is 1.86. The zero-order chi connectivity index (χ0) is 19.8. The van der Waals surface area contributed by atoms with E-state index in [0.717, 1.165) is 16.8 Å². The quantitative estimate of drug-likeness (QED) is 0.431. The molecule has 0 fully saturated rings. The topological polar surface area (TPSA) is 99.7 Å². The molecule has 0 bridgehead atoms. The number of benzene rings is 2. The molecule has 2 aromatic rings. The average Bonchev–Trinajstić information content (AvgIpc) is 2.63. The minimum Gasteiger partial charge on any atom is -0.326 e. The number of anilines is 2. The van der Waals surface area contributed by atoms with Crippen LogP contribution in [-0.4, -0.2) is 23.4 Å². The van der Waals surface area contributed by atoms with Crippen LogP contribution in [0, 0.1) is 13.8 Å². The summed E-state index contributed by atoms with van der Waals surface area (Å²) in [4.78, 5) is 35.8. The number of amides is 3. The van der Waals surface area contributed by atoms with Gasteiger partial charge in [0.2, 0.25) is 5.91 Å². The number of nitrogens with one attached hydrogen (secondary N) is 3. The Morgan fingerprint density at radius 3 is 1.89 bits per heavy atom. The van der Waals surface area contributed by atoms with E-state index in [2.05, 4.69) is 21.2 Å². The van der Waals surface area contributed by atoms with Crippen LogP contribution in [0.4, 0.5) is 11.4 Å². The second-order valence-corrected chi connectivity index (χ2v) is 6.10. The first kappa shape index (κ1) is 19.8. The van der Waals surface area contributed by atoms with E-state index in [1.807, 2.05) is 44.2 Å². The Hall–Kier alpha value is -3.48. The summed E-state index contributed by atoms with van der Waals surface area (Å²) in [6.45, 7) is 5.31. The van der Waals surface area contributed by atoms with Crippen molar-refractivity contribution in [2.75, 3.05) is 10.6 Å². The van der Waals surface area contributed by atoms with Crippen LogP contribution in [0.5, 0.6) is 0 Å². The number of carbonyl (C=O) groups excluding carboxylic acids is 3. The van der Waals surface area contributed by atoms with Crippen LogP contribution in [0.25, 0.3) is 0 Å². The van der Waals surface area contributed by atoms with Gasteiger partial charge in [0.25, 0.3) is 0 Å². The smallest absolute Gasteiger partial charge is 0.326 e. The van der Waals surface area contributed by atoms with Gasteiger partial charge in [-0.25, -0.2) is 5.43 Å². The van der Waals surface area contributed by atoms with Gasteiger partial charge in [0.15, 0.2) is 0 Å². The summed E-state index contributed by atoms with van der Waals surface area (Å²) < 4.78 is 0. The summed E-state index contributed by atoms with van der Waals surface area (Å²) >= 11 is 0. The van der Waals surface area contributed by atoms with Crippen molar-refractivity contribution in [2.24, 2.45) is 5.10 Å². The summed E-state index contributed by atoms with van der Waals surface area (Å²) in [6.07, 6.45) is -0.00593. The fraction of sp³-hybridized carbons (Fsp3) is 0.200. The number of aryl methyl sites for hydroxylation is 2. The Morgan fingerprint density at radius 1 is 0.815 bits per heavy atom. The zero-order valence-corrected chi connectivity index (χ0v) is 15.5. The summed E-state index contributed by atoms with van der Waals surface area (Å²) in [7, 11) is 0.